The Labute approximate surface area is 107 Å². The molecule has 0 saturated carbocycles. The summed E-state index contributed by atoms with van der Waals surface area (Å²) in [5, 5.41) is 21.7. The maximum absolute atomic E-state index is 11.0. The van der Waals surface area contributed by atoms with Crippen molar-refractivity contribution in [1.29, 1.82) is 0 Å². The molecule has 1 atom stereocenters. The van der Waals surface area contributed by atoms with Crippen LogP contribution in [-0.2, 0) is 0 Å². The number of aliphatic hydroxyl groups excluding tert-OH is 1. The Kier molecular flexibility index (Phi) is 5.09. The van der Waals surface area contributed by atoms with E-state index in [1.165, 1.54) is 6.20 Å². The van der Waals surface area contributed by atoms with Crippen LogP contribution in [-0.4, -0.2) is 33.8 Å². The predicted molar refractivity (Wildman–Crippen MR) is 69.9 cm³/mol. The highest BCUT2D eigenvalue weighted by Crippen LogP contribution is 2.16. The quantitative estimate of drug-likeness (QED) is 0.720. The van der Waals surface area contributed by atoms with E-state index in [0.29, 0.717) is 24.6 Å². The molecule has 1 unspecified atom stereocenters. The van der Waals surface area contributed by atoms with Crippen molar-refractivity contribution in [2.45, 2.75) is 33.3 Å². The second kappa shape index (κ2) is 6.35. The van der Waals surface area contributed by atoms with Crippen molar-refractivity contribution in [3.8, 4) is 0 Å². The van der Waals surface area contributed by atoms with Gasteiger partial charge in [-0.1, -0.05) is 13.8 Å². The van der Waals surface area contributed by atoms with Crippen LogP contribution in [0.25, 0.3) is 0 Å². The van der Waals surface area contributed by atoms with E-state index < -0.39 is 12.1 Å². The Morgan fingerprint density at radius 1 is 1.50 bits per heavy atom. The second-order valence-corrected chi connectivity index (χ2v) is 4.84. The van der Waals surface area contributed by atoms with Gasteiger partial charge >= 0.3 is 5.97 Å². The van der Waals surface area contributed by atoms with Gasteiger partial charge in [0.25, 0.3) is 0 Å². The number of aryl methyl sites for hydroxylation is 1. The molecular formula is C13H20N2O3. The van der Waals surface area contributed by atoms with Crippen LogP contribution in [0.2, 0.25) is 0 Å². The summed E-state index contributed by atoms with van der Waals surface area (Å²) < 4.78 is 0. The van der Waals surface area contributed by atoms with Crippen LogP contribution in [0, 0.1) is 12.8 Å². The number of rotatable bonds is 6. The number of aliphatic hydroxyl groups is 1. The largest absolute Gasteiger partial charge is 0.478 e. The van der Waals surface area contributed by atoms with Crippen LogP contribution in [0.3, 0.4) is 0 Å². The van der Waals surface area contributed by atoms with Crippen molar-refractivity contribution in [2.75, 3.05) is 11.9 Å². The molecule has 18 heavy (non-hydrogen) atoms. The van der Waals surface area contributed by atoms with Gasteiger partial charge in [-0.25, -0.2) is 4.79 Å². The number of nitrogens with one attached hydrogen (secondary N) is 1. The van der Waals surface area contributed by atoms with Crippen molar-refractivity contribution in [2.24, 2.45) is 5.92 Å². The number of nitrogens with zero attached hydrogens (tertiary/aromatic N) is 1. The molecule has 0 fully saturated rings. The average Bonchev–Trinajstić information content (AvgIpc) is 2.25. The third-order valence-corrected chi connectivity index (χ3v) is 2.54. The molecule has 3 N–H and O–H groups in total. The monoisotopic (exact) mass is 252 g/mol. The number of aromatic carboxylic acids is 1. The Balaban J connectivity index is 2.71. The first kappa shape index (κ1) is 14.4. The molecule has 0 bridgehead atoms. The molecule has 0 aliphatic heterocycles. The summed E-state index contributed by atoms with van der Waals surface area (Å²) in [6, 6.07) is 1.67. The summed E-state index contributed by atoms with van der Waals surface area (Å²) in [6.45, 7) is 6.19. The molecule has 1 aromatic rings. The number of anilines is 1. The Hall–Kier alpha value is -1.62. The number of carboxylic acid groups (broad SMARTS) is 1. The maximum Gasteiger partial charge on any atom is 0.339 e. The fraction of sp³-hybridized carbons (Fsp3) is 0.538. The van der Waals surface area contributed by atoms with E-state index in [9.17, 15) is 9.90 Å². The van der Waals surface area contributed by atoms with Gasteiger partial charge in [-0.15, -0.1) is 0 Å². The first-order chi connectivity index (χ1) is 8.40. The number of hydrogen-bond donors (Lipinski definition) is 3. The number of hydrogen-bond acceptors (Lipinski definition) is 4. The van der Waals surface area contributed by atoms with E-state index in [2.05, 4.69) is 10.3 Å². The lowest BCUT2D eigenvalue weighted by Crippen LogP contribution is -2.22. The van der Waals surface area contributed by atoms with Crippen molar-refractivity contribution in [3.05, 3.63) is 23.5 Å². The van der Waals surface area contributed by atoms with Gasteiger partial charge < -0.3 is 15.5 Å². The first-order valence-electron chi connectivity index (χ1n) is 6.02. The molecule has 1 heterocycles. The summed E-state index contributed by atoms with van der Waals surface area (Å²) in [5.74, 6) is -0.622. The number of carboxylic acids is 1. The standard InChI is InChI=1S/C13H20N2O3/c1-8(2)4-10(16)6-15-12-5-9(3)14-7-11(12)13(17)18/h5,7-8,10,16H,4,6H2,1-3H3,(H,14,15)(H,17,18). The smallest absolute Gasteiger partial charge is 0.339 e. The normalized spacial score (nSPS) is 12.5. The van der Waals surface area contributed by atoms with Crippen LogP contribution < -0.4 is 5.32 Å². The van der Waals surface area contributed by atoms with Crippen LogP contribution in [0.5, 0.6) is 0 Å². The zero-order chi connectivity index (χ0) is 13.7. The maximum atomic E-state index is 11.0. The van der Waals surface area contributed by atoms with Gasteiger partial charge in [0.2, 0.25) is 0 Å². The van der Waals surface area contributed by atoms with E-state index in [0.717, 1.165) is 5.69 Å². The Morgan fingerprint density at radius 3 is 2.72 bits per heavy atom. The molecule has 5 nitrogen and oxygen atoms in total. The molecule has 0 aliphatic carbocycles. The van der Waals surface area contributed by atoms with Crippen LogP contribution >= 0.6 is 0 Å². The first-order valence-corrected chi connectivity index (χ1v) is 6.02. The fourth-order valence-electron chi connectivity index (χ4n) is 1.73. The van der Waals surface area contributed by atoms with Crippen molar-refractivity contribution in [1.82, 2.24) is 4.98 Å². The summed E-state index contributed by atoms with van der Waals surface area (Å²) in [7, 11) is 0. The molecule has 1 rings (SSSR count). The molecule has 100 valence electrons. The zero-order valence-corrected chi connectivity index (χ0v) is 11.0. The molecule has 0 aromatic carbocycles. The predicted octanol–water partition coefficient (Wildman–Crippen LogP) is 1.91. The highest BCUT2D eigenvalue weighted by Gasteiger charge is 2.12. The minimum Gasteiger partial charge on any atom is -0.478 e. The lowest BCUT2D eigenvalue weighted by atomic mass is 10.1. The van der Waals surface area contributed by atoms with E-state index in [4.69, 9.17) is 5.11 Å². The minimum absolute atomic E-state index is 0.123. The van der Waals surface area contributed by atoms with Gasteiger partial charge in [-0.3, -0.25) is 4.98 Å². The SMILES string of the molecule is Cc1cc(NCC(O)CC(C)C)c(C(=O)O)cn1. The molecule has 1 aromatic heterocycles. The number of pyridine rings is 1. The van der Waals surface area contributed by atoms with Gasteiger partial charge in [0.15, 0.2) is 0 Å². The van der Waals surface area contributed by atoms with E-state index in [1.807, 2.05) is 13.8 Å². The minimum atomic E-state index is -1.02. The third kappa shape index (κ3) is 4.33. The Morgan fingerprint density at radius 2 is 2.17 bits per heavy atom. The molecule has 0 saturated heterocycles. The molecule has 0 spiro atoms. The van der Waals surface area contributed by atoms with Gasteiger partial charge in [-0.05, 0) is 25.3 Å². The van der Waals surface area contributed by atoms with Gasteiger partial charge in [0.05, 0.1) is 11.8 Å². The summed E-state index contributed by atoms with van der Waals surface area (Å²) in [5.41, 5.74) is 1.36. The van der Waals surface area contributed by atoms with E-state index >= 15 is 0 Å². The average molecular weight is 252 g/mol. The van der Waals surface area contributed by atoms with E-state index in [1.54, 1.807) is 13.0 Å². The summed E-state index contributed by atoms with van der Waals surface area (Å²) in [4.78, 5) is 15.0. The second-order valence-electron chi connectivity index (χ2n) is 4.84. The molecule has 0 aliphatic rings. The fourth-order valence-corrected chi connectivity index (χ4v) is 1.73. The highest BCUT2D eigenvalue weighted by atomic mass is 16.4. The van der Waals surface area contributed by atoms with Crippen LogP contribution in [0.1, 0.15) is 36.3 Å². The van der Waals surface area contributed by atoms with E-state index in [-0.39, 0.29) is 5.56 Å². The van der Waals surface area contributed by atoms with Crippen molar-refractivity contribution < 1.29 is 15.0 Å². The summed E-state index contributed by atoms with van der Waals surface area (Å²) >= 11 is 0. The topological polar surface area (TPSA) is 82.5 Å². The molecule has 0 amide bonds. The number of aromatic nitrogens is 1. The molecule has 0 radical (unpaired) electrons. The van der Waals surface area contributed by atoms with Gasteiger partial charge in [0.1, 0.15) is 5.56 Å². The summed E-state index contributed by atoms with van der Waals surface area (Å²) in [6.07, 6.45) is 1.52. The van der Waals surface area contributed by atoms with Crippen molar-refractivity contribution >= 4 is 11.7 Å². The van der Waals surface area contributed by atoms with Gasteiger partial charge in [0, 0.05) is 18.4 Å². The molecule has 5 heteroatoms. The Bertz CT molecular complexity index is 419. The lowest BCUT2D eigenvalue weighted by Gasteiger charge is -2.16. The molecular weight excluding hydrogens is 232 g/mol. The lowest BCUT2D eigenvalue weighted by molar-refractivity contribution is 0.0697. The van der Waals surface area contributed by atoms with Crippen LogP contribution in [0.4, 0.5) is 5.69 Å². The number of carbonyl (C=O) groups is 1. The van der Waals surface area contributed by atoms with Crippen LogP contribution in [0.15, 0.2) is 12.3 Å². The van der Waals surface area contributed by atoms with Crippen molar-refractivity contribution in [3.63, 3.8) is 0 Å². The van der Waals surface area contributed by atoms with Gasteiger partial charge in [-0.2, -0.15) is 0 Å². The third-order valence-electron chi connectivity index (χ3n) is 2.54. The highest BCUT2D eigenvalue weighted by molar-refractivity contribution is 5.93. The zero-order valence-electron chi connectivity index (χ0n) is 11.0.